The highest BCUT2D eigenvalue weighted by atomic mass is 79.9. The molecule has 2 rings (SSSR count). The molecular formula is C11H9BrN2O2S. The minimum atomic E-state index is -0.0525. The highest BCUT2D eigenvalue weighted by Crippen LogP contribution is 2.24. The van der Waals surface area contributed by atoms with Gasteiger partial charge in [-0.3, -0.25) is 4.79 Å². The van der Waals surface area contributed by atoms with Crippen molar-refractivity contribution < 1.29 is 9.53 Å². The van der Waals surface area contributed by atoms with Crippen LogP contribution in [0.25, 0.3) is 0 Å². The van der Waals surface area contributed by atoms with Crippen molar-refractivity contribution in [1.29, 1.82) is 0 Å². The van der Waals surface area contributed by atoms with Crippen molar-refractivity contribution >= 4 is 33.0 Å². The summed E-state index contributed by atoms with van der Waals surface area (Å²) in [4.78, 5) is 12.9. The Labute approximate surface area is 111 Å². The summed E-state index contributed by atoms with van der Waals surface area (Å²) in [6, 6.07) is 5.17. The van der Waals surface area contributed by atoms with Crippen LogP contribution >= 0.6 is 27.3 Å². The van der Waals surface area contributed by atoms with Crippen LogP contribution in [0.1, 0.15) is 15.4 Å². The first kappa shape index (κ1) is 12.2. The number of nitrogens with zero attached hydrogens (tertiary/aromatic N) is 2. The zero-order chi connectivity index (χ0) is 12.3. The Morgan fingerprint density at radius 1 is 1.41 bits per heavy atom. The largest absolute Gasteiger partial charge is 0.480 e. The number of aromatic nitrogens is 2. The smallest absolute Gasteiger partial charge is 0.233 e. The second kappa shape index (κ2) is 5.37. The van der Waals surface area contributed by atoms with E-state index in [1.165, 1.54) is 18.4 Å². The lowest BCUT2D eigenvalue weighted by atomic mass is 10.2. The maximum Gasteiger partial charge on any atom is 0.233 e. The first-order chi connectivity index (χ1) is 8.20. The van der Waals surface area contributed by atoms with E-state index in [2.05, 4.69) is 26.1 Å². The predicted molar refractivity (Wildman–Crippen MR) is 68.6 cm³/mol. The molecule has 4 nitrogen and oxygen atoms in total. The van der Waals surface area contributed by atoms with E-state index in [-0.39, 0.29) is 5.78 Å². The molecule has 2 heterocycles. The van der Waals surface area contributed by atoms with E-state index in [0.29, 0.717) is 18.0 Å². The molecule has 0 bridgehead atoms. The van der Waals surface area contributed by atoms with Gasteiger partial charge >= 0.3 is 0 Å². The highest BCUT2D eigenvalue weighted by Gasteiger charge is 2.12. The van der Waals surface area contributed by atoms with Crippen LogP contribution in [0, 0.1) is 0 Å². The van der Waals surface area contributed by atoms with Crippen molar-refractivity contribution in [1.82, 2.24) is 10.2 Å². The van der Waals surface area contributed by atoms with Gasteiger partial charge in [0.15, 0.2) is 5.78 Å². The number of rotatable bonds is 4. The topological polar surface area (TPSA) is 52.1 Å². The van der Waals surface area contributed by atoms with Crippen molar-refractivity contribution in [3.05, 3.63) is 38.6 Å². The van der Waals surface area contributed by atoms with Crippen LogP contribution in [0.4, 0.5) is 0 Å². The number of ether oxygens (including phenoxy) is 1. The average molecular weight is 313 g/mol. The van der Waals surface area contributed by atoms with Crippen molar-refractivity contribution in [3.63, 3.8) is 0 Å². The summed E-state index contributed by atoms with van der Waals surface area (Å²) in [5.41, 5.74) is 0.353. The van der Waals surface area contributed by atoms with Crippen LogP contribution in [0.3, 0.4) is 0 Å². The number of halogens is 1. The van der Waals surface area contributed by atoms with Crippen LogP contribution in [-0.4, -0.2) is 23.1 Å². The molecule has 0 saturated heterocycles. The average Bonchev–Trinajstić information content (AvgIpc) is 2.75. The fourth-order valence-electron chi connectivity index (χ4n) is 1.27. The van der Waals surface area contributed by atoms with E-state index < -0.39 is 0 Å². The summed E-state index contributed by atoms with van der Waals surface area (Å²) in [6.07, 6.45) is 0.333. The molecule has 0 N–H and O–H groups in total. The lowest BCUT2D eigenvalue weighted by Gasteiger charge is -2.00. The Morgan fingerprint density at radius 3 is 2.76 bits per heavy atom. The Morgan fingerprint density at radius 2 is 2.24 bits per heavy atom. The van der Waals surface area contributed by atoms with Gasteiger partial charge in [-0.15, -0.1) is 21.5 Å². The van der Waals surface area contributed by atoms with E-state index in [4.69, 9.17) is 4.74 Å². The van der Waals surface area contributed by atoms with Gasteiger partial charge in [0.25, 0.3) is 0 Å². The molecule has 2 aromatic rings. The number of methoxy groups -OCH3 is 1. The number of Topliss-reactive ketones (excluding diaryl/α,β-unsaturated/α-hetero) is 1. The summed E-state index contributed by atoms with van der Waals surface area (Å²) >= 11 is 4.93. The van der Waals surface area contributed by atoms with Gasteiger partial charge in [-0.05, 0) is 33.4 Å². The van der Waals surface area contributed by atoms with Gasteiger partial charge < -0.3 is 4.74 Å². The van der Waals surface area contributed by atoms with E-state index in [0.717, 1.165) is 9.35 Å². The molecule has 0 amide bonds. The maximum absolute atomic E-state index is 11.9. The summed E-state index contributed by atoms with van der Waals surface area (Å²) < 4.78 is 5.84. The molecule has 88 valence electrons. The maximum atomic E-state index is 11.9. The fraction of sp³-hybridized carbons (Fsp3) is 0.182. The zero-order valence-corrected chi connectivity index (χ0v) is 11.4. The van der Waals surface area contributed by atoms with Gasteiger partial charge in [0.05, 0.1) is 7.11 Å². The molecule has 0 spiro atoms. The quantitative estimate of drug-likeness (QED) is 0.815. The molecule has 0 radical (unpaired) electrons. The minimum absolute atomic E-state index is 0.0525. The molecule has 17 heavy (non-hydrogen) atoms. The van der Waals surface area contributed by atoms with Crippen molar-refractivity contribution in [2.45, 2.75) is 6.42 Å². The third kappa shape index (κ3) is 2.89. The molecule has 0 unspecified atom stereocenters. The normalized spacial score (nSPS) is 10.2. The Kier molecular flexibility index (Phi) is 3.86. The van der Waals surface area contributed by atoms with E-state index in [1.807, 2.05) is 11.4 Å². The Balaban J connectivity index is 2.12. The standard InChI is InChI=1S/C11H9BrN2O2S/c1-16-11-3-2-8(13-14-11)9(15)6-10-7(12)4-5-17-10/h2-5H,6H2,1H3. The number of ketones is 1. The predicted octanol–water partition coefficient (Wildman–Crippen LogP) is 2.73. The second-order valence-corrected chi connectivity index (χ2v) is 5.11. The molecule has 2 aromatic heterocycles. The number of thiophene rings is 1. The molecule has 6 heteroatoms. The van der Waals surface area contributed by atoms with Gasteiger partial charge in [0, 0.05) is 21.8 Å². The van der Waals surface area contributed by atoms with Gasteiger partial charge in [-0.1, -0.05) is 0 Å². The van der Waals surface area contributed by atoms with Gasteiger partial charge in [0.1, 0.15) is 5.69 Å². The molecule has 0 aliphatic carbocycles. The number of hydrogen-bond acceptors (Lipinski definition) is 5. The van der Waals surface area contributed by atoms with Crippen molar-refractivity contribution in [2.24, 2.45) is 0 Å². The fourth-order valence-corrected chi connectivity index (χ4v) is 2.76. The third-order valence-corrected chi connectivity index (χ3v) is 4.07. The SMILES string of the molecule is COc1ccc(C(=O)Cc2sccc2Br)nn1. The van der Waals surface area contributed by atoms with E-state index in [1.54, 1.807) is 12.1 Å². The highest BCUT2D eigenvalue weighted by molar-refractivity contribution is 9.10. The van der Waals surface area contributed by atoms with Crippen LogP contribution in [0.15, 0.2) is 28.1 Å². The summed E-state index contributed by atoms with van der Waals surface area (Å²) in [5, 5.41) is 9.53. The van der Waals surface area contributed by atoms with Crippen molar-refractivity contribution in [2.75, 3.05) is 7.11 Å². The van der Waals surface area contributed by atoms with Crippen molar-refractivity contribution in [3.8, 4) is 5.88 Å². The lowest BCUT2D eigenvalue weighted by molar-refractivity contribution is 0.0987. The van der Waals surface area contributed by atoms with Gasteiger partial charge in [0.2, 0.25) is 5.88 Å². The monoisotopic (exact) mass is 312 g/mol. The molecule has 0 saturated carbocycles. The second-order valence-electron chi connectivity index (χ2n) is 3.25. The zero-order valence-electron chi connectivity index (χ0n) is 9.01. The molecule has 0 aliphatic heterocycles. The Bertz CT molecular complexity index is 525. The molecule has 0 atom stereocenters. The lowest BCUT2D eigenvalue weighted by Crippen LogP contribution is -2.06. The van der Waals surface area contributed by atoms with Gasteiger partial charge in [-0.25, -0.2) is 0 Å². The number of carbonyl (C=O) groups is 1. The number of carbonyl (C=O) groups excluding carboxylic acids is 1. The molecular weight excluding hydrogens is 304 g/mol. The first-order valence-corrected chi connectivity index (χ1v) is 6.50. The summed E-state index contributed by atoms with van der Waals surface area (Å²) in [6.45, 7) is 0. The van der Waals surface area contributed by atoms with Gasteiger partial charge in [-0.2, -0.15) is 0 Å². The van der Waals surface area contributed by atoms with E-state index in [9.17, 15) is 4.79 Å². The minimum Gasteiger partial charge on any atom is -0.480 e. The Hall–Kier alpha value is -1.27. The summed E-state index contributed by atoms with van der Waals surface area (Å²) in [5.74, 6) is 0.349. The van der Waals surface area contributed by atoms with Crippen LogP contribution < -0.4 is 4.74 Å². The summed E-state index contributed by atoms with van der Waals surface area (Å²) in [7, 11) is 1.51. The molecule has 0 aromatic carbocycles. The van der Waals surface area contributed by atoms with Crippen LogP contribution in [0.5, 0.6) is 5.88 Å². The van der Waals surface area contributed by atoms with Crippen LogP contribution in [-0.2, 0) is 6.42 Å². The third-order valence-electron chi connectivity index (χ3n) is 2.15. The van der Waals surface area contributed by atoms with Crippen LogP contribution in [0.2, 0.25) is 0 Å². The molecule has 0 fully saturated rings. The first-order valence-electron chi connectivity index (χ1n) is 4.83. The molecule has 0 aliphatic rings. The number of hydrogen-bond donors (Lipinski definition) is 0. The van der Waals surface area contributed by atoms with E-state index >= 15 is 0 Å².